The number of likely N-dealkylation sites (N-methyl/N-ethyl adjacent to an activating group) is 1. The van der Waals surface area contributed by atoms with Crippen molar-refractivity contribution < 1.29 is 0 Å². The Bertz CT molecular complexity index is 206. The molecule has 0 saturated heterocycles. The maximum absolute atomic E-state index is 2.40. The van der Waals surface area contributed by atoms with Gasteiger partial charge >= 0.3 is 0 Å². The molecule has 0 aromatic carbocycles. The van der Waals surface area contributed by atoms with Gasteiger partial charge in [0, 0.05) is 12.1 Å². The van der Waals surface area contributed by atoms with Crippen LogP contribution in [0.2, 0.25) is 0 Å². The molecule has 0 amide bonds. The zero-order valence-corrected chi connectivity index (χ0v) is 9.23. The quantitative estimate of drug-likeness (QED) is 0.501. The highest BCUT2D eigenvalue weighted by Gasteiger charge is 2.37. The van der Waals surface area contributed by atoms with E-state index in [-0.39, 0.29) is 5.54 Å². The molecule has 0 bridgehead atoms. The van der Waals surface area contributed by atoms with E-state index in [9.17, 15) is 0 Å². The Morgan fingerprint density at radius 2 is 1.83 bits per heavy atom. The number of hydrogen-bond acceptors (Lipinski definition) is 1. The minimum Gasteiger partial charge on any atom is -0.294 e. The Kier molecular flexibility index (Phi) is 2.12. The summed E-state index contributed by atoms with van der Waals surface area (Å²) in [7, 11) is 2.19. The molecule has 0 atom stereocenters. The summed E-state index contributed by atoms with van der Waals surface area (Å²) in [4.78, 5) is 2.40. The molecule has 12 heavy (non-hydrogen) atoms. The molecule has 1 heterocycles. The molecule has 1 rings (SSSR count). The molecule has 1 aliphatic heterocycles. The summed E-state index contributed by atoms with van der Waals surface area (Å²) in [6, 6.07) is 0. The van der Waals surface area contributed by atoms with Gasteiger partial charge in [0.05, 0.1) is 0 Å². The third-order valence-electron chi connectivity index (χ3n) is 2.99. The van der Waals surface area contributed by atoms with Crippen molar-refractivity contribution in [2.45, 2.75) is 40.2 Å². The number of hydrogen-bond donors (Lipinski definition) is 0. The van der Waals surface area contributed by atoms with Gasteiger partial charge in [-0.25, -0.2) is 0 Å². The van der Waals surface area contributed by atoms with Crippen molar-refractivity contribution in [3.05, 3.63) is 11.6 Å². The van der Waals surface area contributed by atoms with E-state index >= 15 is 0 Å². The average Bonchev–Trinajstić information content (AvgIpc) is 2.06. The molecular formula is C11H21N. The van der Waals surface area contributed by atoms with Crippen LogP contribution in [-0.2, 0) is 0 Å². The Morgan fingerprint density at radius 3 is 2.00 bits per heavy atom. The Hall–Kier alpha value is -0.300. The van der Waals surface area contributed by atoms with Crippen molar-refractivity contribution in [3.63, 3.8) is 0 Å². The second-order valence-corrected chi connectivity index (χ2v) is 5.31. The summed E-state index contributed by atoms with van der Waals surface area (Å²) >= 11 is 0. The molecule has 0 spiro atoms. The average molecular weight is 167 g/mol. The van der Waals surface area contributed by atoms with Crippen LogP contribution in [0.3, 0.4) is 0 Å². The molecule has 0 radical (unpaired) electrons. The monoisotopic (exact) mass is 167 g/mol. The summed E-state index contributed by atoms with van der Waals surface area (Å²) in [5.41, 5.74) is 2.13. The molecule has 0 fully saturated rings. The van der Waals surface area contributed by atoms with Gasteiger partial charge < -0.3 is 0 Å². The second kappa shape index (κ2) is 2.59. The highest BCUT2D eigenvalue weighted by atomic mass is 15.2. The molecule has 0 aromatic rings. The lowest BCUT2D eigenvalue weighted by Gasteiger charge is -2.37. The minimum atomic E-state index is 0.248. The third-order valence-corrected chi connectivity index (χ3v) is 2.99. The van der Waals surface area contributed by atoms with E-state index in [1.165, 1.54) is 0 Å². The van der Waals surface area contributed by atoms with Gasteiger partial charge in [-0.1, -0.05) is 26.8 Å². The van der Waals surface area contributed by atoms with Crippen LogP contribution in [-0.4, -0.2) is 24.0 Å². The molecule has 1 nitrogen and oxygen atoms in total. The van der Waals surface area contributed by atoms with Crippen molar-refractivity contribution in [2.75, 3.05) is 13.6 Å². The molecular weight excluding hydrogens is 146 g/mol. The smallest absolute Gasteiger partial charge is 0.0369 e. The van der Waals surface area contributed by atoms with Crippen molar-refractivity contribution >= 4 is 0 Å². The molecule has 0 N–H and O–H groups in total. The van der Waals surface area contributed by atoms with Crippen LogP contribution in [0.25, 0.3) is 0 Å². The Labute approximate surface area is 76.5 Å². The molecule has 0 saturated carbocycles. The van der Waals surface area contributed by atoms with Gasteiger partial charge in [0.25, 0.3) is 0 Å². The normalized spacial score (nSPS) is 24.3. The van der Waals surface area contributed by atoms with Crippen molar-refractivity contribution in [1.82, 2.24) is 4.90 Å². The van der Waals surface area contributed by atoms with Crippen LogP contribution >= 0.6 is 0 Å². The molecule has 1 heteroatoms. The van der Waals surface area contributed by atoms with Gasteiger partial charge in [-0.3, -0.25) is 4.90 Å². The van der Waals surface area contributed by atoms with Gasteiger partial charge in [0.1, 0.15) is 0 Å². The molecule has 0 aliphatic carbocycles. The van der Waals surface area contributed by atoms with Crippen LogP contribution in [0.1, 0.15) is 34.6 Å². The number of rotatable bonds is 0. The topological polar surface area (TPSA) is 3.24 Å². The van der Waals surface area contributed by atoms with Gasteiger partial charge in [-0.15, -0.1) is 0 Å². The highest BCUT2D eigenvalue weighted by molar-refractivity contribution is 5.28. The lowest BCUT2D eigenvalue weighted by molar-refractivity contribution is 0.211. The lowest BCUT2D eigenvalue weighted by Crippen LogP contribution is -2.41. The first-order valence-electron chi connectivity index (χ1n) is 4.68. The third kappa shape index (κ3) is 1.42. The lowest BCUT2D eigenvalue weighted by atomic mass is 9.77. The van der Waals surface area contributed by atoms with Crippen LogP contribution in [0, 0.1) is 5.41 Å². The van der Waals surface area contributed by atoms with E-state index in [1.54, 1.807) is 5.57 Å². The first kappa shape index (κ1) is 9.79. The van der Waals surface area contributed by atoms with Gasteiger partial charge in [-0.05, 0) is 31.9 Å². The maximum atomic E-state index is 2.40. The Balaban J connectivity index is 2.95. The van der Waals surface area contributed by atoms with E-state index in [0.717, 1.165) is 6.54 Å². The SMILES string of the molecule is CN1CC=C(C(C)(C)C)C1(C)C. The largest absolute Gasteiger partial charge is 0.294 e. The zero-order chi connectivity index (χ0) is 9.57. The molecule has 0 unspecified atom stereocenters. The van der Waals surface area contributed by atoms with Crippen LogP contribution in [0.4, 0.5) is 0 Å². The zero-order valence-electron chi connectivity index (χ0n) is 9.23. The van der Waals surface area contributed by atoms with Crippen molar-refractivity contribution in [1.29, 1.82) is 0 Å². The van der Waals surface area contributed by atoms with E-state index < -0.39 is 0 Å². The Morgan fingerprint density at radius 1 is 1.33 bits per heavy atom. The summed E-state index contributed by atoms with van der Waals surface area (Å²) in [5.74, 6) is 0. The summed E-state index contributed by atoms with van der Waals surface area (Å²) in [6.45, 7) is 12.6. The van der Waals surface area contributed by atoms with E-state index in [4.69, 9.17) is 0 Å². The first-order chi connectivity index (χ1) is 5.26. The standard InChI is InChI=1S/C11H21N/c1-10(2,3)9-7-8-12(6)11(9,4)5/h7H,8H2,1-6H3. The van der Waals surface area contributed by atoms with Crippen molar-refractivity contribution in [3.8, 4) is 0 Å². The fourth-order valence-electron chi connectivity index (χ4n) is 2.14. The van der Waals surface area contributed by atoms with E-state index in [2.05, 4.69) is 52.6 Å². The second-order valence-electron chi connectivity index (χ2n) is 5.31. The fraction of sp³-hybridized carbons (Fsp3) is 0.818. The predicted octanol–water partition coefficient (Wildman–Crippen LogP) is 2.68. The van der Waals surface area contributed by atoms with Crippen molar-refractivity contribution in [2.24, 2.45) is 5.41 Å². The van der Waals surface area contributed by atoms with Crippen LogP contribution < -0.4 is 0 Å². The number of nitrogens with zero attached hydrogens (tertiary/aromatic N) is 1. The van der Waals surface area contributed by atoms with Gasteiger partial charge in [0.15, 0.2) is 0 Å². The highest BCUT2D eigenvalue weighted by Crippen LogP contribution is 2.40. The van der Waals surface area contributed by atoms with E-state index in [0.29, 0.717) is 5.41 Å². The molecule has 70 valence electrons. The maximum Gasteiger partial charge on any atom is 0.0369 e. The predicted molar refractivity (Wildman–Crippen MR) is 54.2 cm³/mol. The van der Waals surface area contributed by atoms with Crippen LogP contribution in [0.15, 0.2) is 11.6 Å². The minimum absolute atomic E-state index is 0.248. The molecule has 0 aromatic heterocycles. The van der Waals surface area contributed by atoms with Gasteiger partial charge in [0.2, 0.25) is 0 Å². The first-order valence-corrected chi connectivity index (χ1v) is 4.68. The summed E-state index contributed by atoms with van der Waals surface area (Å²) in [6.07, 6.45) is 2.38. The van der Waals surface area contributed by atoms with Crippen LogP contribution in [0.5, 0.6) is 0 Å². The van der Waals surface area contributed by atoms with E-state index in [1.807, 2.05) is 0 Å². The molecule has 1 aliphatic rings. The summed E-state index contributed by atoms with van der Waals surface area (Å²) < 4.78 is 0. The van der Waals surface area contributed by atoms with Gasteiger partial charge in [-0.2, -0.15) is 0 Å². The fourth-order valence-corrected chi connectivity index (χ4v) is 2.14. The summed E-state index contributed by atoms with van der Waals surface area (Å²) in [5, 5.41) is 0.